The lowest BCUT2D eigenvalue weighted by Crippen LogP contribution is -2.27. The quantitative estimate of drug-likeness (QED) is 0.618. The number of hydrogen-bond donors (Lipinski definition) is 2. The summed E-state index contributed by atoms with van der Waals surface area (Å²) < 4.78 is 5.17. The van der Waals surface area contributed by atoms with Gasteiger partial charge in [-0.2, -0.15) is 0 Å². The van der Waals surface area contributed by atoms with Gasteiger partial charge in [0, 0.05) is 11.1 Å². The Labute approximate surface area is 163 Å². The van der Waals surface area contributed by atoms with Gasteiger partial charge in [0.15, 0.2) is 5.78 Å². The van der Waals surface area contributed by atoms with Crippen LogP contribution < -0.4 is 0 Å². The van der Waals surface area contributed by atoms with Crippen LogP contribution in [0.3, 0.4) is 0 Å². The number of esters is 1. The van der Waals surface area contributed by atoms with E-state index in [-0.39, 0.29) is 42.7 Å². The molecule has 1 fully saturated rings. The van der Waals surface area contributed by atoms with E-state index in [4.69, 9.17) is 4.74 Å². The summed E-state index contributed by atoms with van der Waals surface area (Å²) in [6, 6.07) is 13.2. The van der Waals surface area contributed by atoms with E-state index in [9.17, 15) is 19.8 Å². The molecule has 0 unspecified atom stereocenters. The van der Waals surface area contributed by atoms with Crippen molar-refractivity contribution in [3.8, 4) is 11.5 Å². The molecule has 0 radical (unpaired) electrons. The minimum atomic E-state index is -0.454. The van der Waals surface area contributed by atoms with Crippen LogP contribution in [0.5, 0.6) is 11.5 Å². The van der Waals surface area contributed by atoms with Crippen molar-refractivity contribution >= 4 is 23.9 Å². The minimum absolute atomic E-state index is 0.107. The number of hydrogen-bond acceptors (Lipinski definition) is 5. The van der Waals surface area contributed by atoms with Crippen LogP contribution in [-0.2, 0) is 14.3 Å². The summed E-state index contributed by atoms with van der Waals surface area (Å²) in [5.41, 5.74) is 2.34. The molecule has 0 spiro atoms. The Morgan fingerprint density at radius 3 is 1.93 bits per heavy atom. The Kier molecular flexibility index (Phi) is 5.94. The highest BCUT2D eigenvalue weighted by Crippen LogP contribution is 2.33. The lowest BCUT2D eigenvalue weighted by Gasteiger charge is -2.24. The smallest absolute Gasteiger partial charge is 0.309 e. The number of Topliss-reactive ketones (excluding diaryl/α,β-unsaturated/α-hetero) is 1. The van der Waals surface area contributed by atoms with Crippen molar-refractivity contribution in [3.63, 3.8) is 0 Å². The molecule has 5 nitrogen and oxygen atoms in total. The molecule has 0 atom stereocenters. The van der Waals surface area contributed by atoms with Crippen molar-refractivity contribution in [2.24, 2.45) is 5.92 Å². The highest BCUT2D eigenvalue weighted by atomic mass is 16.5. The van der Waals surface area contributed by atoms with Crippen LogP contribution in [0.2, 0.25) is 0 Å². The molecule has 1 aliphatic carbocycles. The lowest BCUT2D eigenvalue weighted by atomic mass is 9.79. The molecular formula is C23H22O5. The standard InChI is InChI=1S/C23H22O5/c1-2-28-23(27)19-13-17(9-15-5-3-7-20(24)11-15)22(26)18(14-19)10-16-6-4-8-21(25)12-16/h3-12,19,24-25H,2,13-14H2,1H3. The van der Waals surface area contributed by atoms with Crippen LogP contribution in [-0.4, -0.2) is 28.6 Å². The predicted octanol–water partition coefficient (Wildman–Crippen LogP) is 4.11. The first-order valence-electron chi connectivity index (χ1n) is 9.17. The third kappa shape index (κ3) is 4.68. The van der Waals surface area contributed by atoms with Gasteiger partial charge < -0.3 is 14.9 Å². The zero-order valence-electron chi connectivity index (χ0n) is 15.6. The highest BCUT2D eigenvalue weighted by molar-refractivity contribution is 6.14. The summed E-state index contributed by atoms with van der Waals surface area (Å²) >= 11 is 0. The fourth-order valence-electron chi connectivity index (χ4n) is 3.30. The average molecular weight is 378 g/mol. The summed E-state index contributed by atoms with van der Waals surface area (Å²) in [5, 5.41) is 19.3. The van der Waals surface area contributed by atoms with E-state index in [1.54, 1.807) is 67.6 Å². The van der Waals surface area contributed by atoms with Crippen LogP contribution >= 0.6 is 0 Å². The fraction of sp³-hybridized carbons (Fsp3) is 0.217. The van der Waals surface area contributed by atoms with Gasteiger partial charge in [-0.15, -0.1) is 0 Å². The van der Waals surface area contributed by atoms with Gasteiger partial charge in [0.05, 0.1) is 12.5 Å². The van der Waals surface area contributed by atoms with Gasteiger partial charge in [-0.3, -0.25) is 9.59 Å². The Hall–Kier alpha value is -3.34. The third-order valence-corrected chi connectivity index (χ3v) is 4.56. The van der Waals surface area contributed by atoms with Crippen molar-refractivity contribution in [1.29, 1.82) is 0 Å². The van der Waals surface area contributed by atoms with E-state index < -0.39 is 5.92 Å². The number of ketones is 1. The first-order chi connectivity index (χ1) is 13.5. The Morgan fingerprint density at radius 1 is 1.00 bits per heavy atom. The van der Waals surface area contributed by atoms with E-state index in [1.807, 2.05) is 0 Å². The second-order valence-electron chi connectivity index (χ2n) is 6.72. The molecule has 2 aromatic carbocycles. The van der Waals surface area contributed by atoms with Gasteiger partial charge >= 0.3 is 5.97 Å². The molecule has 0 bridgehead atoms. The van der Waals surface area contributed by atoms with Crippen LogP contribution in [0.1, 0.15) is 30.9 Å². The Bertz CT molecular complexity index is 887. The molecule has 144 valence electrons. The molecule has 1 saturated carbocycles. The number of carbonyl (C=O) groups is 2. The number of rotatable bonds is 4. The van der Waals surface area contributed by atoms with Crippen LogP contribution in [0.4, 0.5) is 0 Å². The average Bonchev–Trinajstić information content (AvgIpc) is 2.65. The van der Waals surface area contributed by atoms with Crippen LogP contribution in [0.25, 0.3) is 12.2 Å². The molecular weight excluding hydrogens is 356 g/mol. The number of phenolic OH excluding ortho intramolecular Hbond substituents is 2. The predicted molar refractivity (Wildman–Crippen MR) is 107 cm³/mol. The number of benzene rings is 2. The molecule has 0 heterocycles. The Morgan fingerprint density at radius 2 is 1.50 bits per heavy atom. The number of phenols is 2. The summed E-state index contributed by atoms with van der Waals surface area (Å²) in [6.07, 6.45) is 3.96. The minimum Gasteiger partial charge on any atom is -0.508 e. The van der Waals surface area contributed by atoms with Gasteiger partial charge in [-0.1, -0.05) is 24.3 Å². The maximum Gasteiger partial charge on any atom is 0.309 e. The van der Waals surface area contributed by atoms with Crippen LogP contribution in [0.15, 0.2) is 59.7 Å². The van der Waals surface area contributed by atoms with Crippen LogP contribution in [0, 0.1) is 5.92 Å². The molecule has 0 aromatic heterocycles. The first kappa shape index (κ1) is 19.4. The second kappa shape index (κ2) is 8.57. The topological polar surface area (TPSA) is 83.8 Å². The zero-order valence-corrected chi connectivity index (χ0v) is 15.6. The SMILES string of the molecule is CCOC(=O)C1CC(=Cc2cccc(O)c2)C(=O)C(=Cc2cccc(O)c2)C1. The Balaban J connectivity index is 1.99. The van der Waals surface area contributed by atoms with Crippen molar-refractivity contribution in [2.45, 2.75) is 19.8 Å². The molecule has 28 heavy (non-hydrogen) atoms. The maximum atomic E-state index is 13.0. The summed E-state index contributed by atoms with van der Waals surface area (Å²) in [6.45, 7) is 2.03. The molecule has 3 rings (SSSR count). The number of carbonyl (C=O) groups excluding carboxylic acids is 2. The first-order valence-corrected chi connectivity index (χ1v) is 9.17. The van der Waals surface area contributed by atoms with Crippen molar-refractivity contribution in [3.05, 3.63) is 70.8 Å². The maximum absolute atomic E-state index is 13.0. The van der Waals surface area contributed by atoms with Crippen molar-refractivity contribution in [2.75, 3.05) is 6.61 Å². The molecule has 1 aliphatic rings. The molecule has 0 saturated heterocycles. The molecule has 2 N–H and O–H groups in total. The van der Waals surface area contributed by atoms with Gasteiger partial charge in [0.1, 0.15) is 11.5 Å². The van der Waals surface area contributed by atoms with E-state index in [0.29, 0.717) is 22.3 Å². The molecule has 0 amide bonds. The molecule has 5 heteroatoms. The van der Waals surface area contributed by atoms with Gasteiger partial charge in [-0.05, 0) is 67.3 Å². The number of ether oxygens (including phenoxy) is 1. The van der Waals surface area contributed by atoms with Crippen molar-refractivity contribution in [1.82, 2.24) is 0 Å². The monoisotopic (exact) mass is 378 g/mol. The summed E-state index contributed by atoms with van der Waals surface area (Å²) in [4.78, 5) is 25.4. The largest absolute Gasteiger partial charge is 0.508 e. The highest BCUT2D eigenvalue weighted by Gasteiger charge is 2.32. The van der Waals surface area contributed by atoms with E-state index >= 15 is 0 Å². The van der Waals surface area contributed by atoms with Crippen molar-refractivity contribution < 1.29 is 24.5 Å². The molecule has 0 aliphatic heterocycles. The van der Waals surface area contributed by atoms with Gasteiger partial charge in [-0.25, -0.2) is 0 Å². The number of aromatic hydroxyl groups is 2. The lowest BCUT2D eigenvalue weighted by molar-refractivity contribution is -0.148. The normalized spacial score (nSPS) is 19.8. The second-order valence-corrected chi connectivity index (χ2v) is 6.72. The number of allylic oxidation sites excluding steroid dienone is 2. The molecule has 2 aromatic rings. The summed E-state index contributed by atoms with van der Waals surface area (Å²) in [7, 11) is 0. The van der Waals surface area contributed by atoms with Gasteiger partial charge in [0.25, 0.3) is 0 Å². The van der Waals surface area contributed by atoms with Gasteiger partial charge in [0.2, 0.25) is 0 Å². The van der Waals surface area contributed by atoms with E-state index in [1.165, 1.54) is 0 Å². The van der Waals surface area contributed by atoms with E-state index in [2.05, 4.69) is 0 Å². The third-order valence-electron chi connectivity index (χ3n) is 4.56. The summed E-state index contributed by atoms with van der Waals surface area (Å²) in [5.74, 6) is -0.722. The van der Waals surface area contributed by atoms with E-state index in [0.717, 1.165) is 0 Å². The zero-order chi connectivity index (χ0) is 20.1. The fourth-order valence-corrected chi connectivity index (χ4v) is 3.30.